The van der Waals surface area contributed by atoms with Crippen molar-refractivity contribution >= 4 is 23.1 Å². The maximum absolute atomic E-state index is 5.72. The minimum Gasteiger partial charge on any atom is -0.423 e. The van der Waals surface area contributed by atoms with E-state index < -0.39 is 0 Å². The maximum atomic E-state index is 5.72. The molecule has 2 aromatic heterocycles. The second kappa shape index (κ2) is 5.80. The summed E-state index contributed by atoms with van der Waals surface area (Å²) in [5.41, 5.74) is 10.1. The van der Waals surface area contributed by atoms with E-state index in [1.807, 2.05) is 26.0 Å². The van der Waals surface area contributed by atoms with E-state index in [4.69, 9.17) is 10.2 Å². The van der Waals surface area contributed by atoms with Gasteiger partial charge in [0.2, 0.25) is 0 Å². The number of aromatic nitrogens is 3. The zero-order valence-corrected chi connectivity index (χ0v) is 12.4. The lowest BCUT2D eigenvalue weighted by atomic mass is 10.1. The summed E-state index contributed by atoms with van der Waals surface area (Å²) in [6.07, 6.45) is 5.03. The number of nitrogens with zero attached hydrogens (tertiary/aromatic N) is 4. The minimum absolute atomic E-state index is 0.281. The molecule has 0 unspecified atom stereocenters. The first-order chi connectivity index (χ1) is 10.7. The van der Waals surface area contributed by atoms with Gasteiger partial charge in [-0.25, -0.2) is 9.97 Å². The Labute approximate surface area is 127 Å². The lowest BCUT2D eigenvalue weighted by molar-refractivity contribution is 0.621. The number of guanidine groups is 1. The zero-order chi connectivity index (χ0) is 15.5. The lowest BCUT2D eigenvalue weighted by Crippen LogP contribution is -2.22. The monoisotopic (exact) mass is 296 g/mol. The Morgan fingerprint density at radius 3 is 2.77 bits per heavy atom. The third kappa shape index (κ3) is 2.73. The molecule has 0 aliphatic carbocycles. The minimum atomic E-state index is 0.281. The molecular formula is C15H16N6O. The van der Waals surface area contributed by atoms with Crippen LogP contribution in [0.25, 0.3) is 22.2 Å². The number of fused-ring (bicyclic) bond motifs is 1. The highest BCUT2D eigenvalue weighted by Gasteiger charge is 2.11. The van der Waals surface area contributed by atoms with E-state index in [1.165, 1.54) is 6.33 Å². The number of rotatable bonds is 3. The Bertz CT molecular complexity index is 825. The largest absolute Gasteiger partial charge is 0.423 e. The smallest absolute Gasteiger partial charge is 0.302 e. The van der Waals surface area contributed by atoms with Crippen molar-refractivity contribution in [1.29, 1.82) is 0 Å². The highest BCUT2D eigenvalue weighted by molar-refractivity contribution is 5.92. The SMILES string of the molecule is CCN=C(N)Nc1nc2cc(-c3cncnc3)cc(C)c2o1. The van der Waals surface area contributed by atoms with Crippen LogP contribution >= 0.6 is 0 Å². The number of nitrogens with one attached hydrogen (secondary N) is 1. The Kier molecular flexibility index (Phi) is 3.69. The fraction of sp³-hybridized carbons (Fsp3) is 0.200. The van der Waals surface area contributed by atoms with E-state index in [0.717, 1.165) is 22.2 Å². The summed E-state index contributed by atoms with van der Waals surface area (Å²) < 4.78 is 5.69. The number of aryl methyl sites for hydroxylation is 1. The second-order valence-corrected chi connectivity index (χ2v) is 4.77. The number of hydrogen-bond donors (Lipinski definition) is 2. The molecule has 0 saturated heterocycles. The number of anilines is 1. The first-order valence-corrected chi connectivity index (χ1v) is 6.91. The summed E-state index contributed by atoms with van der Waals surface area (Å²) in [7, 11) is 0. The molecule has 0 amide bonds. The molecule has 3 N–H and O–H groups in total. The Morgan fingerprint density at radius 2 is 2.05 bits per heavy atom. The average Bonchev–Trinajstić information content (AvgIpc) is 2.91. The topological polar surface area (TPSA) is 102 Å². The van der Waals surface area contributed by atoms with Crippen LogP contribution in [-0.2, 0) is 0 Å². The first-order valence-electron chi connectivity index (χ1n) is 6.91. The number of oxazole rings is 1. The number of hydrogen-bond acceptors (Lipinski definition) is 5. The van der Waals surface area contributed by atoms with Gasteiger partial charge in [-0.2, -0.15) is 4.98 Å². The van der Waals surface area contributed by atoms with Crippen LogP contribution in [0.4, 0.5) is 6.01 Å². The standard InChI is InChI=1S/C15H16N6O/c1-3-19-14(16)21-15-20-12-5-10(4-9(2)13(12)22-15)11-6-17-8-18-7-11/h4-8H,3H2,1-2H3,(H3,16,19,20,21). The van der Waals surface area contributed by atoms with Crippen molar-refractivity contribution in [3.05, 3.63) is 36.4 Å². The molecule has 7 nitrogen and oxygen atoms in total. The number of aliphatic imine (C=N–C) groups is 1. The van der Waals surface area contributed by atoms with Gasteiger partial charge in [-0.3, -0.25) is 10.3 Å². The summed E-state index contributed by atoms with van der Waals surface area (Å²) in [5.74, 6) is 0.281. The van der Waals surface area contributed by atoms with Crippen LogP contribution in [0, 0.1) is 6.92 Å². The van der Waals surface area contributed by atoms with Gasteiger partial charge in [-0.1, -0.05) is 0 Å². The van der Waals surface area contributed by atoms with E-state index in [1.54, 1.807) is 12.4 Å². The van der Waals surface area contributed by atoms with E-state index in [0.29, 0.717) is 18.1 Å². The summed E-state index contributed by atoms with van der Waals surface area (Å²) in [6, 6.07) is 4.27. The van der Waals surface area contributed by atoms with Gasteiger partial charge >= 0.3 is 6.01 Å². The lowest BCUT2D eigenvalue weighted by Gasteiger charge is -2.01. The predicted molar refractivity (Wildman–Crippen MR) is 85.6 cm³/mol. The highest BCUT2D eigenvalue weighted by atomic mass is 16.4. The van der Waals surface area contributed by atoms with Crippen molar-refractivity contribution in [3.63, 3.8) is 0 Å². The van der Waals surface area contributed by atoms with Crippen molar-refractivity contribution in [3.8, 4) is 11.1 Å². The van der Waals surface area contributed by atoms with Crippen LogP contribution in [0.2, 0.25) is 0 Å². The van der Waals surface area contributed by atoms with Gasteiger partial charge in [0.15, 0.2) is 11.5 Å². The van der Waals surface area contributed by atoms with Gasteiger partial charge in [0.05, 0.1) is 0 Å². The van der Waals surface area contributed by atoms with Gasteiger partial charge in [0.1, 0.15) is 11.8 Å². The fourth-order valence-corrected chi connectivity index (χ4v) is 2.19. The van der Waals surface area contributed by atoms with Crippen molar-refractivity contribution in [1.82, 2.24) is 15.0 Å². The normalized spacial score (nSPS) is 11.8. The van der Waals surface area contributed by atoms with Crippen LogP contribution in [0.15, 0.2) is 40.3 Å². The number of benzene rings is 1. The molecule has 0 fully saturated rings. The molecule has 7 heteroatoms. The molecule has 0 radical (unpaired) electrons. The quantitative estimate of drug-likeness (QED) is 0.568. The van der Waals surface area contributed by atoms with Gasteiger partial charge in [-0.05, 0) is 37.1 Å². The van der Waals surface area contributed by atoms with Crippen LogP contribution in [-0.4, -0.2) is 27.5 Å². The molecule has 22 heavy (non-hydrogen) atoms. The van der Waals surface area contributed by atoms with Crippen LogP contribution < -0.4 is 11.1 Å². The third-order valence-electron chi connectivity index (χ3n) is 3.13. The van der Waals surface area contributed by atoms with E-state index in [-0.39, 0.29) is 5.96 Å². The molecule has 0 saturated carbocycles. The molecule has 0 bridgehead atoms. The molecule has 0 aliphatic heterocycles. The van der Waals surface area contributed by atoms with Gasteiger partial charge in [0.25, 0.3) is 0 Å². The summed E-state index contributed by atoms with van der Waals surface area (Å²) in [4.78, 5) is 16.5. The first kappa shape index (κ1) is 14.0. The molecule has 1 aromatic carbocycles. The summed E-state index contributed by atoms with van der Waals surface area (Å²) in [6.45, 7) is 4.46. The van der Waals surface area contributed by atoms with Crippen molar-refractivity contribution in [2.24, 2.45) is 10.7 Å². The summed E-state index contributed by atoms with van der Waals surface area (Å²) >= 11 is 0. The molecule has 3 rings (SSSR count). The molecule has 3 aromatic rings. The second-order valence-electron chi connectivity index (χ2n) is 4.77. The van der Waals surface area contributed by atoms with Crippen LogP contribution in [0.3, 0.4) is 0 Å². The highest BCUT2D eigenvalue weighted by Crippen LogP contribution is 2.28. The third-order valence-corrected chi connectivity index (χ3v) is 3.13. The molecule has 0 aliphatic rings. The molecule has 112 valence electrons. The van der Waals surface area contributed by atoms with E-state index in [2.05, 4.69) is 25.3 Å². The summed E-state index contributed by atoms with van der Waals surface area (Å²) in [5, 5.41) is 2.84. The Morgan fingerprint density at radius 1 is 1.27 bits per heavy atom. The van der Waals surface area contributed by atoms with Gasteiger partial charge in [-0.15, -0.1) is 0 Å². The Balaban J connectivity index is 2.02. The van der Waals surface area contributed by atoms with Crippen LogP contribution in [0.1, 0.15) is 12.5 Å². The maximum Gasteiger partial charge on any atom is 0.302 e. The van der Waals surface area contributed by atoms with Crippen molar-refractivity contribution < 1.29 is 4.42 Å². The molecule has 0 spiro atoms. The molecule has 0 atom stereocenters. The number of nitrogens with two attached hydrogens (primary N) is 1. The van der Waals surface area contributed by atoms with Crippen molar-refractivity contribution in [2.75, 3.05) is 11.9 Å². The fourth-order valence-electron chi connectivity index (χ4n) is 2.19. The van der Waals surface area contributed by atoms with E-state index in [9.17, 15) is 0 Å². The molecular weight excluding hydrogens is 280 g/mol. The van der Waals surface area contributed by atoms with Crippen molar-refractivity contribution in [2.45, 2.75) is 13.8 Å². The average molecular weight is 296 g/mol. The predicted octanol–water partition coefficient (Wildman–Crippen LogP) is 2.34. The van der Waals surface area contributed by atoms with Crippen LogP contribution in [0.5, 0.6) is 0 Å². The zero-order valence-electron chi connectivity index (χ0n) is 12.4. The Hall–Kier alpha value is -2.96. The van der Waals surface area contributed by atoms with E-state index >= 15 is 0 Å². The van der Waals surface area contributed by atoms with Gasteiger partial charge in [0, 0.05) is 24.5 Å². The molecule has 2 heterocycles. The van der Waals surface area contributed by atoms with Gasteiger partial charge < -0.3 is 10.2 Å².